The summed E-state index contributed by atoms with van der Waals surface area (Å²) in [7, 11) is 0. The molecular weight excluding hydrogens is 353 g/mol. The second-order valence-electron chi connectivity index (χ2n) is 4.47. The normalized spacial score (nSPS) is 11.2. The Morgan fingerprint density at radius 3 is 2.58 bits per heavy atom. The van der Waals surface area contributed by atoms with Gasteiger partial charge in [0, 0.05) is 19.4 Å². The zero-order valence-corrected chi connectivity index (χ0v) is 14.9. The number of rotatable bonds is 9. The fourth-order valence-corrected chi connectivity index (χ4v) is 2.08. The van der Waals surface area contributed by atoms with Crippen LogP contribution in [0.3, 0.4) is 0 Å². The zero-order chi connectivity index (χ0) is 17.9. The van der Waals surface area contributed by atoms with Gasteiger partial charge in [-0.05, 0) is 26.0 Å². The van der Waals surface area contributed by atoms with Crippen LogP contribution >= 0.6 is 23.2 Å². The first-order chi connectivity index (χ1) is 11.5. The van der Waals surface area contributed by atoms with Crippen LogP contribution in [0.5, 0.6) is 0 Å². The standard InChI is InChI=1S/C16H19Cl2N3O3/c1-3-23-14(24-4-2)10-20-9-11(8-19)16(22)21-13-7-5-6-12(17)15(13)18/h5-7,9,14,20H,3-4,10H2,1-2H3,(H,21,22)/b11-9-. The maximum atomic E-state index is 12.1. The molecule has 0 fully saturated rings. The van der Waals surface area contributed by atoms with Crippen LogP contribution < -0.4 is 10.6 Å². The summed E-state index contributed by atoms with van der Waals surface area (Å²) in [5, 5.41) is 15.0. The molecule has 2 N–H and O–H groups in total. The molecule has 0 spiro atoms. The number of nitriles is 1. The molecule has 0 saturated carbocycles. The van der Waals surface area contributed by atoms with Crippen molar-refractivity contribution in [1.82, 2.24) is 5.32 Å². The van der Waals surface area contributed by atoms with E-state index in [1.54, 1.807) is 18.2 Å². The van der Waals surface area contributed by atoms with E-state index in [1.807, 2.05) is 19.9 Å². The summed E-state index contributed by atoms with van der Waals surface area (Å²) in [6.07, 6.45) is 0.848. The number of ether oxygens (including phenoxy) is 2. The van der Waals surface area contributed by atoms with Crippen LogP contribution in [0.4, 0.5) is 5.69 Å². The van der Waals surface area contributed by atoms with Crippen molar-refractivity contribution < 1.29 is 14.3 Å². The van der Waals surface area contributed by atoms with E-state index >= 15 is 0 Å². The number of amides is 1. The Morgan fingerprint density at radius 2 is 2.00 bits per heavy atom. The van der Waals surface area contributed by atoms with Gasteiger partial charge < -0.3 is 20.1 Å². The third-order valence-corrected chi connectivity index (χ3v) is 3.62. The van der Waals surface area contributed by atoms with Crippen molar-refractivity contribution in [2.45, 2.75) is 20.1 Å². The van der Waals surface area contributed by atoms with Crippen LogP contribution in [0.2, 0.25) is 10.0 Å². The minimum Gasteiger partial charge on any atom is -0.385 e. The maximum Gasteiger partial charge on any atom is 0.267 e. The first kappa shape index (κ1) is 20.3. The van der Waals surface area contributed by atoms with E-state index < -0.39 is 12.2 Å². The SMILES string of the molecule is CCOC(CN/C=C(/C#N)C(=O)Nc1cccc(Cl)c1Cl)OCC. The van der Waals surface area contributed by atoms with Crippen molar-refractivity contribution in [2.24, 2.45) is 0 Å². The molecule has 0 atom stereocenters. The lowest BCUT2D eigenvalue weighted by Crippen LogP contribution is -2.29. The van der Waals surface area contributed by atoms with Crippen molar-refractivity contribution in [3.05, 3.63) is 40.0 Å². The van der Waals surface area contributed by atoms with Crippen molar-refractivity contribution in [3.63, 3.8) is 0 Å². The van der Waals surface area contributed by atoms with Crippen molar-refractivity contribution in [2.75, 3.05) is 25.1 Å². The Kier molecular flexibility index (Phi) is 9.20. The largest absolute Gasteiger partial charge is 0.385 e. The average Bonchev–Trinajstić information content (AvgIpc) is 2.56. The second-order valence-corrected chi connectivity index (χ2v) is 5.26. The lowest BCUT2D eigenvalue weighted by molar-refractivity contribution is -0.131. The zero-order valence-electron chi connectivity index (χ0n) is 13.4. The van der Waals surface area contributed by atoms with Gasteiger partial charge in [-0.3, -0.25) is 4.79 Å². The van der Waals surface area contributed by atoms with E-state index in [4.69, 9.17) is 37.9 Å². The van der Waals surface area contributed by atoms with Gasteiger partial charge in [0.2, 0.25) is 0 Å². The molecule has 0 aliphatic carbocycles. The van der Waals surface area contributed by atoms with Crippen LogP contribution in [-0.4, -0.2) is 32.0 Å². The number of anilines is 1. The van der Waals surface area contributed by atoms with Gasteiger partial charge in [-0.25, -0.2) is 0 Å². The molecule has 6 nitrogen and oxygen atoms in total. The Bertz CT molecular complexity index is 623. The molecule has 24 heavy (non-hydrogen) atoms. The molecule has 0 bridgehead atoms. The van der Waals surface area contributed by atoms with Crippen LogP contribution in [-0.2, 0) is 14.3 Å². The fourth-order valence-electron chi connectivity index (χ4n) is 1.73. The minimum atomic E-state index is -0.599. The fraction of sp³-hybridized carbons (Fsp3) is 0.375. The molecule has 1 rings (SSSR count). The van der Waals surface area contributed by atoms with Gasteiger partial charge in [-0.2, -0.15) is 5.26 Å². The molecule has 0 aromatic heterocycles. The topological polar surface area (TPSA) is 83.4 Å². The molecule has 0 unspecified atom stereocenters. The summed E-state index contributed by atoms with van der Waals surface area (Å²) in [6, 6.07) is 6.66. The van der Waals surface area contributed by atoms with E-state index in [2.05, 4.69) is 10.6 Å². The van der Waals surface area contributed by atoms with Crippen molar-refractivity contribution in [3.8, 4) is 6.07 Å². The molecule has 0 aliphatic rings. The van der Waals surface area contributed by atoms with Gasteiger partial charge in [0.05, 0.1) is 22.3 Å². The Balaban J connectivity index is 2.69. The number of nitrogens with zero attached hydrogens (tertiary/aromatic N) is 1. The Morgan fingerprint density at radius 1 is 1.33 bits per heavy atom. The van der Waals surface area contributed by atoms with Crippen molar-refractivity contribution >= 4 is 34.8 Å². The molecule has 0 radical (unpaired) electrons. The molecule has 0 heterocycles. The summed E-state index contributed by atoms with van der Waals surface area (Å²) in [6.45, 7) is 5.00. The number of halogens is 2. The van der Waals surface area contributed by atoms with E-state index in [1.165, 1.54) is 6.20 Å². The molecule has 8 heteroatoms. The van der Waals surface area contributed by atoms with Crippen LogP contribution in [0.15, 0.2) is 30.0 Å². The van der Waals surface area contributed by atoms with Gasteiger partial charge >= 0.3 is 0 Å². The monoisotopic (exact) mass is 371 g/mol. The van der Waals surface area contributed by atoms with Gasteiger partial charge in [-0.1, -0.05) is 29.3 Å². The van der Waals surface area contributed by atoms with Crippen molar-refractivity contribution in [1.29, 1.82) is 5.26 Å². The molecule has 1 aromatic rings. The first-order valence-corrected chi connectivity index (χ1v) is 8.11. The van der Waals surface area contributed by atoms with E-state index in [0.717, 1.165) is 0 Å². The van der Waals surface area contributed by atoms with Crippen LogP contribution in [0.1, 0.15) is 13.8 Å². The highest BCUT2D eigenvalue weighted by Gasteiger charge is 2.13. The molecule has 0 aliphatic heterocycles. The molecule has 1 aromatic carbocycles. The lowest BCUT2D eigenvalue weighted by atomic mass is 10.2. The lowest BCUT2D eigenvalue weighted by Gasteiger charge is -2.16. The highest BCUT2D eigenvalue weighted by molar-refractivity contribution is 6.44. The molecule has 1 amide bonds. The smallest absolute Gasteiger partial charge is 0.267 e. The van der Waals surface area contributed by atoms with E-state index in [-0.39, 0.29) is 10.6 Å². The summed E-state index contributed by atoms with van der Waals surface area (Å²) >= 11 is 11.9. The second kappa shape index (κ2) is 10.9. The highest BCUT2D eigenvalue weighted by Crippen LogP contribution is 2.29. The number of benzene rings is 1. The molecular formula is C16H19Cl2N3O3. The summed E-state index contributed by atoms with van der Waals surface area (Å²) in [5.74, 6) is -0.599. The third-order valence-electron chi connectivity index (χ3n) is 2.80. The number of carbonyl (C=O) groups excluding carboxylic acids is 1. The summed E-state index contributed by atoms with van der Waals surface area (Å²) in [5.41, 5.74) is 0.217. The van der Waals surface area contributed by atoms with Crippen LogP contribution in [0.25, 0.3) is 0 Å². The number of carbonyl (C=O) groups is 1. The van der Waals surface area contributed by atoms with E-state index in [0.29, 0.717) is 30.5 Å². The minimum absolute atomic E-state index is 0.113. The summed E-state index contributed by atoms with van der Waals surface area (Å²) in [4.78, 5) is 12.1. The number of hydrogen-bond acceptors (Lipinski definition) is 5. The predicted molar refractivity (Wildman–Crippen MR) is 93.8 cm³/mol. The number of nitrogens with one attached hydrogen (secondary N) is 2. The average molecular weight is 372 g/mol. The van der Waals surface area contributed by atoms with Gasteiger partial charge in [0.1, 0.15) is 11.6 Å². The number of hydrogen-bond donors (Lipinski definition) is 2. The van der Waals surface area contributed by atoms with Gasteiger partial charge in [0.25, 0.3) is 5.91 Å². The molecule has 0 saturated heterocycles. The quantitative estimate of drug-likeness (QED) is 0.395. The predicted octanol–water partition coefficient (Wildman–Crippen LogP) is 3.33. The highest BCUT2D eigenvalue weighted by atomic mass is 35.5. The first-order valence-electron chi connectivity index (χ1n) is 7.35. The van der Waals surface area contributed by atoms with E-state index in [9.17, 15) is 4.79 Å². The Labute approximate surface area is 151 Å². The molecule has 130 valence electrons. The third kappa shape index (κ3) is 6.38. The van der Waals surface area contributed by atoms with Gasteiger partial charge in [0.15, 0.2) is 6.29 Å². The Hall–Kier alpha value is -1.78. The summed E-state index contributed by atoms with van der Waals surface area (Å²) < 4.78 is 10.7. The maximum absolute atomic E-state index is 12.1. The van der Waals surface area contributed by atoms with Crippen LogP contribution in [0, 0.1) is 11.3 Å². The van der Waals surface area contributed by atoms with Gasteiger partial charge in [-0.15, -0.1) is 0 Å².